The van der Waals surface area contributed by atoms with Crippen LogP contribution in [0.3, 0.4) is 0 Å². The van der Waals surface area contributed by atoms with Crippen molar-refractivity contribution in [1.29, 1.82) is 0 Å². The van der Waals surface area contributed by atoms with Crippen LogP contribution in [0.1, 0.15) is 43.7 Å². The number of benzene rings is 1. The molecule has 1 saturated heterocycles. The molecule has 1 aromatic carbocycles. The predicted octanol–water partition coefficient (Wildman–Crippen LogP) is 2.98. The average Bonchev–Trinajstić information content (AvgIpc) is 3.23. The van der Waals surface area contributed by atoms with Gasteiger partial charge in [0.15, 0.2) is 0 Å². The van der Waals surface area contributed by atoms with Gasteiger partial charge in [0.1, 0.15) is 11.6 Å². The summed E-state index contributed by atoms with van der Waals surface area (Å²) in [5.41, 5.74) is 0.287. The second-order valence-electron chi connectivity index (χ2n) is 5.53. The number of hydrogen-bond donors (Lipinski definition) is 0. The van der Waals surface area contributed by atoms with Crippen LogP contribution in [0.25, 0.3) is 0 Å². The van der Waals surface area contributed by atoms with Gasteiger partial charge in [0.2, 0.25) is 10.0 Å². The molecule has 3 rings (SSSR count). The molecule has 1 aliphatic carbocycles. The number of rotatable bonds is 3. The van der Waals surface area contributed by atoms with E-state index in [1.165, 1.54) is 16.4 Å². The third kappa shape index (κ3) is 2.46. The van der Waals surface area contributed by atoms with Crippen molar-refractivity contribution in [3.8, 4) is 0 Å². The molecule has 3 nitrogen and oxygen atoms in total. The minimum absolute atomic E-state index is 0.287. The van der Waals surface area contributed by atoms with E-state index in [2.05, 4.69) is 0 Å². The van der Waals surface area contributed by atoms with E-state index in [1.54, 1.807) is 0 Å². The Balaban J connectivity index is 1.96. The van der Waals surface area contributed by atoms with Crippen molar-refractivity contribution in [3.63, 3.8) is 0 Å². The zero-order valence-corrected chi connectivity index (χ0v) is 11.9. The Morgan fingerprint density at radius 3 is 2.50 bits per heavy atom. The van der Waals surface area contributed by atoms with Gasteiger partial charge in [-0.05, 0) is 31.7 Å². The van der Waals surface area contributed by atoms with Gasteiger partial charge in [0, 0.05) is 18.2 Å². The topological polar surface area (TPSA) is 37.4 Å². The first-order valence-corrected chi connectivity index (χ1v) is 8.46. The smallest absolute Gasteiger partial charge is 0.212 e. The van der Waals surface area contributed by atoms with E-state index >= 15 is 0 Å². The Hall–Kier alpha value is -1.01. The van der Waals surface area contributed by atoms with E-state index in [1.807, 2.05) is 0 Å². The van der Waals surface area contributed by atoms with Crippen LogP contribution in [0.4, 0.5) is 8.78 Å². The van der Waals surface area contributed by atoms with E-state index in [9.17, 15) is 17.2 Å². The summed E-state index contributed by atoms with van der Waals surface area (Å²) < 4.78 is 53.3. The maximum Gasteiger partial charge on any atom is 0.217 e. The molecule has 0 amide bonds. The molecule has 6 heteroatoms. The van der Waals surface area contributed by atoms with Crippen molar-refractivity contribution in [2.45, 2.75) is 43.4 Å². The third-order valence-electron chi connectivity index (χ3n) is 4.05. The molecule has 1 atom stereocenters. The van der Waals surface area contributed by atoms with Gasteiger partial charge in [0.05, 0.1) is 11.3 Å². The van der Waals surface area contributed by atoms with Crippen LogP contribution in [0.5, 0.6) is 0 Å². The fourth-order valence-electron chi connectivity index (χ4n) is 2.85. The lowest BCUT2D eigenvalue weighted by Gasteiger charge is -2.35. The Labute approximate surface area is 117 Å². The maximum absolute atomic E-state index is 14.0. The molecule has 2 aliphatic rings. The highest BCUT2D eigenvalue weighted by Crippen LogP contribution is 2.40. The van der Waals surface area contributed by atoms with Gasteiger partial charge < -0.3 is 0 Å². The molecule has 110 valence electrons. The second kappa shape index (κ2) is 5.07. The van der Waals surface area contributed by atoms with Gasteiger partial charge in [-0.1, -0.05) is 12.5 Å². The van der Waals surface area contributed by atoms with E-state index in [0.717, 1.165) is 18.9 Å². The number of sulfonamides is 1. The van der Waals surface area contributed by atoms with Crippen molar-refractivity contribution in [1.82, 2.24) is 4.31 Å². The summed E-state index contributed by atoms with van der Waals surface area (Å²) in [4.78, 5) is 0. The van der Waals surface area contributed by atoms with Gasteiger partial charge in [0.25, 0.3) is 0 Å². The minimum atomic E-state index is -3.34. The van der Waals surface area contributed by atoms with Crippen LogP contribution in [0.15, 0.2) is 18.2 Å². The largest absolute Gasteiger partial charge is 0.217 e. The lowest BCUT2D eigenvalue weighted by atomic mass is 9.97. The molecular weight excluding hydrogens is 284 g/mol. The van der Waals surface area contributed by atoms with Gasteiger partial charge in [-0.3, -0.25) is 0 Å². The predicted molar refractivity (Wildman–Crippen MR) is 71.6 cm³/mol. The van der Waals surface area contributed by atoms with E-state index in [-0.39, 0.29) is 10.8 Å². The Morgan fingerprint density at radius 2 is 1.85 bits per heavy atom. The molecule has 0 unspecified atom stereocenters. The standard InChI is InChI=1S/C14H17F2NO2S/c15-10-4-7-12(13(16)9-10)14-3-1-2-8-17(14)20(18,19)11-5-6-11/h4,7,9,11,14H,1-3,5-6,8H2/t14-/m1/s1. The Kier molecular flexibility index (Phi) is 3.54. The summed E-state index contributed by atoms with van der Waals surface area (Å²) in [6.07, 6.45) is 3.63. The van der Waals surface area contributed by atoms with E-state index < -0.39 is 27.7 Å². The summed E-state index contributed by atoms with van der Waals surface area (Å²) in [5.74, 6) is -1.30. The Morgan fingerprint density at radius 1 is 1.10 bits per heavy atom. The highest BCUT2D eigenvalue weighted by atomic mass is 32.2. The molecule has 1 heterocycles. The quantitative estimate of drug-likeness (QED) is 0.860. The number of halogens is 2. The van der Waals surface area contributed by atoms with Gasteiger partial charge in [-0.2, -0.15) is 4.31 Å². The third-order valence-corrected chi connectivity index (χ3v) is 6.45. The highest BCUT2D eigenvalue weighted by Gasteiger charge is 2.44. The normalized spacial score (nSPS) is 24.8. The molecular formula is C14H17F2NO2S. The SMILES string of the molecule is O=S(=O)(C1CC1)N1CCCC[C@@H]1c1ccc(F)cc1F. The molecule has 0 radical (unpaired) electrons. The molecule has 0 aromatic heterocycles. The summed E-state index contributed by atoms with van der Waals surface area (Å²) >= 11 is 0. The first-order chi connectivity index (χ1) is 9.50. The second-order valence-corrected chi connectivity index (χ2v) is 7.70. The average molecular weight is 301 g/mol. The summed E-state index contributed by atoms with van der Waals surface area (Å²) in [6, 6.07) is 2.90. The van der Waals surface area contributed by atoms with Crippen molar-refractivity contribution >= 4 is 10.0 Å². The van der Waals surface area contributed by atoms with Crippen LogP contribution in [0.2, 0.25) is 0 Å². The number of hydrogen-bond acceptors (Lipinski definition) is 2. The molecule has 20 heavy (non-hydrogen) atoms. The Bertz CT molecular complexity index is 614. The highest BCUT2D eigenvalue weighted by molar-refractivity contribution is 7.90. The van der Waals surface area contributed by atoms with E-state index in [0.29, 0.717) is 25.8 Å². The number of piperidine rings is 1. The van der Waals surface area contributed by atoms with Crippen LogP contribution in [-0.4, -0.2) is 24.5 Å². The zero-order valence-electron chi connectivity index (χ0n) is 11.1. The van der Waals surface area contributed by atoms with Gasteiger partial charge in [-0.25, -0.2) is 17.2 Å². The zero-order chi connectivity index (χ0) is 14.3. The molecule has 1 saturated carbocycles. The minimum Gasteiger partial charge on any atom is -0.212 e. The van der Waals surface area contributed by atoms with Crippen LogP contribution < -0.4 is 0 Å². The molecule has 0 bridgehead atoms. The van der Waals surface area contributed by atoms with Crippen molar-refractivity contribution in [2.24, 2.45) is 0 Å². The van der Waals surface area contributed by atoms with Gasteiger partial charge >= 0.3 is 0 Å². The monoisotopic (exact) mass is 301 g/mol. The van der Waals surface area contributed by atoms with E-state index in [4.69, 9.17) is 0 Å². The molecule has 2 fully saturated rings. The molecule has 1 aliphatic heterocycles. The maximum atomic E-state index is 14.0. The summed E-state index contributed by atoms with van der Waals surface area (Å²) in [6.45, 7) is 0.431. The number of nitrogens with zero attached hydrogens (tertiary/aromatic N) is 1. The van der Waals surface area contributed by atoms with Crippen molar-refractivity contribution in [2.75, 3.05) is 6.54 Å². The fraction of sp³-hybridized carbons (Fsp3) is 0.571. The van der Waals surface area contributed by atoms with Crippen LogP contribution >= 0.6 is 0 Å². The molecule has 1 aromatic rings. The fourth-order valence-corrected chi connectivity index (χ4v) is 4.92. The lowest BCUT2D eigenvalue weighted by molar-refractivity contribution is 0.250. The van der Waals surface area contributed by atoms with Crippen LogP contribution in [-0.2, 0) is 10.0 Å². The lowest BCUT2D eigenvalue weighted by Crippen LogP contribution is -2.40. The first-order valence-electron chi connectivity index (χ1n) is 6.96. The summed E-state index contributed by atoms with van der Waals surface area (Å²) in [7, 11) is -3.34. The summed E-state index contributed by atoms with van der Waals surface area (Å²) in [5, 5.41) is -0.299. The van der Waals surface area contributed by atoms with Crippen molar-refractivity contribution in [3.05, 3.63) is 35.4 Å². The first kappa shape index (κ1) is 13.9. The van der Waals surface area contributed by atoms with Gasteiger partial charge in [-0.15, -0.1) is 0 Å². The van der Waals surface area contributed by atoms with Crippen LogP contribution in [0, 0.1) is 11.6 Å². The van der Waals surface area contributed by atoms with Crippen molar-refractivity contribution < 1.29 is 17.2 Å². The molecule has 0 N–H and O–H groups in total. The molecule has 0 spiro atoms.